The fourth-order valence-electron chi connectivity index (χ4n) is 3.67. The molecule has 5 nitrogen and oxygen atoms in total. The van der Waals surface area contributed by atoms with Gasteiger partial charge in [0.2, 0.25) is 0 Å². The average Bonchev–Trinajstić information content (AvgIpc) is 2.94. The van der Waals surface area contributed by atoms with Crippen LogP contribution >= 0.6 is 0 Å². The summed E-state index contributed by atoms with van der Waals surface area (Å²) in [5.74, 6) is 0.283. The molecule has 2 heterocycles. The topological polar surface area (TPSA) is 61.8 Å². The molecule has 0 aliphatic carbocycles. The normalized spacial score (nSPS) is 27.7. The van der Waals surface area contributed by atoms with Gasteiger partial charge in [-0.3, -0.25) is 0 Å². The fraction of sp³-hybridized carbons (Fsp3) is 0.941. The van der Waals surface area contributed by atoms with Crippen molar-refractivity contribution in [3.05, 3.63) is 0 Å². The fourth-order valence-corrected chi connectivity index (χ4v) is 3.67. The third-order valence-electron chi connectivity index (χ3n) is 5.28. The lowest BCUT2D eigenvalue weighted by atomic mass is 9.75. The number of carbonyl (C=O) groups is 1. The summed E-state index contributed by atoms with van der Waals surface area (Å²) in [5, 5.41) is 12.8. The first-order valence-corrected chi connectivity index (χ1v) is 8.93. The number of hydrogen-bond donors (Lipinski definition) is 2. The van der Waals surface area contributed by atoms with Crippen molar-refractivity contribution in [3.8, 4) is 0 Å². The Morgan fingerprint density at radius 3 is 2.82 bits per heavy atom. The van der Waals surface area contributed by atoms with Crippen LogP contribution in [-0.4, -0.2) is 55.5 Å². The van der Waals surface area contributed by atoms with Gasteiger partial charge in [0.25, 0.3) is 0 Å². The van der Waals surface area contributed by atoms with Gasteiger partial charge in [0.05, 0.1) is 13.2 Å². The van der Waals surface area contributed by atoms with Crippen molar-refractivity contribution >= 4 is 6.03 Å². The lowest BCUT2D eigenvalue weighted by Crippen LogP contribution is -2.42. The van der Waals surface area contributed by atoms with Crippen molar-refractivity contribution in [2.45, 2.75) is 51.9 Å². The first kappa shape index (κ1) is 17.5. The first-order valence-electron chi connectivity index (χ1n) is 8.93. The number of likely N-dealkylation sites (tertiary alicyclic amines) is 1. The van der Waals surface area contributed by atoms with E-state index in [1.807, 2.05) is 4.90 Å². The van der Waals surface area contributed by atoms with Crippen LogP contribution in [0, 0.1) is 11.3 Å². The summed E-state index contributed by atoms with van der Waals surface area (Å²) < 4.78 is 5.51. The maximum absolute atomic E-state index is 12.3. The Morgan fingerprint density at radius 1 is 1.32 bits per heavy atom. The summed E-state index contributed by atoms with van der Waals surface area (Å²) in [6, 6.07) is 0.0239. The van der Waals surface area contributed by atoms with Crippen LogP contribution in [0.1, 0.15) is 51.9 Å². The molecule has 2 saturated heterocycles. The molecule has 0 radical (unpaired) electrons. The molecule has 0 spiro atoms. The van der Waals surface area contributed by atoms with E-state index in [9.17, 15) is 9.90 Å². The van der Waals surface area contributed by atoms with E-state index in [-0.39, 0.29) is 24.0 Å². The summed E-state index contributed by atoms with van der Waals surface area (Å²) in [4.78, 5) is 14.1. The van der Waals surface area contributed by atoms with E-state index >= 15 is 0 Å². The molecule has 2 rings (SSSR count). The van der Waals surface area contributed by atoms with E-state index in [0.29, 0.717) is 26.3 Å². The highest BCUT2D eigenvalue weighted by molar-refractivity contribution is 5.74. The molecule has 128 valence electrons. The highest BCUT2D eigenvalue weighted by Gasteiger charge is 2.49. The quantitative estimate of drug-likeness (QED) is 0.677. The standard InChI is InChI=1S/C17H32N2O3/c1-2-3-4-5-6-7-9-18-16(21)19-11-15-12-22-10-8-17(15,13-19)14-20/h15,20H,2-14H2,1H3,(H,18,21)/t15-,17-/m1/s1. The Hall–Kier alpha value is -0.810. The summed E-state index contributed by atoms with van der Waals surface area (Å²) in [5.41, 5.74) is -0.129. The number of hydrogen-bond acceptors (Lipinski definition) is 3. The van der Waals surface area contributed by atoms with Gasteiger partial charge in [-0.1, -0.05) is 39.0 Å². The van der Waals surface area contributed by atoms with E-state index in [2.05, 4.69) is 12.2 Å². The zero-order valence-corrected chi connectivity index (χ0v) is 14.0. The summed E-state index contributed by atoms with van der Waals surface area (Å²) in [6.45, 7) is 5.88. The van der Waals surface area contributed by atoms with Crippen LogP contribution in [0.5, 0.6) is 0 Å². The molecule has 2 fully saturated rings. The van der Waals surface area contributed by atoms with Crippen molar-refractivity contribution < 1.29 is 14.6 Å². The SMILES string of the molecule is CCCCCCCCNC(=O)N1C[C@@H]2COCC[C@]2(CO)C1. The number of carbonyl (C=O) groups excluding carboxylic acids is 1. The molecule has 0 aromatic heterocycles. The van der Waals surface area contributed by atoms with Crippen molar-refractivity contribution in [1.82, 2.24) is 10.2 Å². The van der Waals surface area contributed by atoms with Gasteiger partial charge in [-0.2, -0.15) is 0 Å². The van der Waals surface area contributed by atoms with Gasteiger partial charge in [0, 0.05) is 37.6 Å². The largest absolute Gasteiger partial charge is 0.396 e. The van der Waals surface area contributed by atoms with Crippen LogP contribution in [-0.2, 0) is 4.74 Å². The molecule has 2 aliphatic heterocycles. The molecule has 22 heavy (non-hydrogen) atoms. The minimum absolute atomic E-state index is 0.0239. The van der Waals surface area contributed by atoms with Crippen LogP contribution in [0.25, 0.3) is 0 Å². The molecule has 0 aromatic carbocycles. The molecule has 2 aliphatic rings. The van der Waals surface area contributed by atoms with Gasteiger partial charge >= 0.3 is 6.03 Å². The monoisotopic (exact) mass is 312 g/mol. The Labute approximate surface area is 134 Å². The number of rotatable bonds is 8. The van der Waals surface area contributed by atoms with Crippen molar-refractivity contribution in [2.24, 2.45) is 11.3 Å². The minimum Gasteiger partial charge on any atom is -0.396 e. The highest BCUT2D eigenvalue weighted by Crippen LogP contribution is 2.41. The summed E-state index contributed by atoms with van der Waals surface area (Å²) >= 11 is 0. The van der Waals surface area contributed by atoms with Crippen molar-refractivity contribution in [1.29, 1.82) is 0 Å². The van der Waals surface area contributed by atoms with E-state index in [1.165, 1.54) is 32.1 Å². The number of urea groups is 1. The van der Waals surface area contributed by atoms with Crippen LogP contribution in [0.4, 0.5) is 4.79 Å². The maximum Gasteiger partial charge on any atom is 0.317 e. The molecule has 0 saturated carbocycles. The maximum atomic E-state index is 12.3. The van der Waals surface area contributed by atoms with Crippen LogP contribution in [0.2, 0.25) is 0 Å². The zero-order valence-electron chi connectivity index (χ0n) is 14.0. The smallest absolute Gasteiger partial charge is 0.317 e. The lowest BCUT2D eigenvalue weighted by molar-refractivity contribution is -0.0415. The van der Waals surface area contributed by atoms with Gasteiger partial charge in [0.15, 0.2) is 0 Å². The predicted molar refractivity (Wildman–Crippen MR) is 86.8 cm³/mol. The van der Waals surface area contributed by atoms with Gasteiger partial charge in [-0.25, -0.2) is 4.79 Å². The Balaban J connectivity index is 1.66. The third kappa shape index (κ3) is 4.35. The van der Waals surface area contributed by atoms with E-state index in [4.69, 9.17) is 4.74 Å². The van der Waals surface area contributed by atoms with Gasteiger partial charge in [-0.05, 0) is 12.8 Å². The minimum atomic E-state index is -0.129. The number of nitrogens with one attached hydrogen (secondary N) is 1. The number of amides is 2. The molecule has 0 aromatic rings. The second-order valence-electron chi connectivity index (χ2n) is 6.92. The third-order valence-corrected chi connectivity index (χ3v) is 5.28. The van der Waals surface area contributed by atoms with Gasteiger partial charge < -0.3 is 20.1 Å². The Morgan fingerprint density at radius 2 is 2.09 bits per heavy atom. The molecular weight excluding hydrogens is 280 g/mol. The number of ether oxygens (including phenoxy) is 1. The van der Waals surface area contributed by atoms with Crippen molar-refractivity contribution in [2.75, 3.05) is 39.5 Å². The van der Waals surface area contributed by atoms with Crippen LogP contribution < -0.4 is 5.32 Å². The first-order chi connectivity index (χ1) is 10.7. The number of aliphatic hydroxyl groups is 1. The summed E-state index contributed by atoms with van der Waals surface area (Å²) in [7, 11) is 0. The van der Waals surface area contributed by atoms with E-state index < -0.39 is 0 Å². The van der Waals surface area contributed by atoms with Gasteiger partial charge in [0.1, 0.15) is 0 Å². The second kappa shape index (κ2) is 8.73. The molecule has 5 heteroatoms. The predicted octanol–water partition coefficient (Wildman–Crippen LogP) is 2.39. The van der Waals surface area contributed by atoms with Crippen LogP contribution in [0.3, 0.4) is 0 Å². The number of nitrogens with zero attached hydrogens (tertiary/aromatic N) is 1. The van der Waals surface area contributed by atoms with Crippen molar-refractivity contribution in [3.63, 3.8) is 0 Å². The number of fused-ring (bicyclic) bond motifs is 1. The summed E-state index contributed by atoms with van der Waals surface area (Å²) in [6.07, 6.45) is 8.25. The van der Waals surface area contributed by atoms with E-state index in [1.54, 1.807) is 0 Å². The molecule has 0 bridgehead atoms. The highest BCUT2D eigenvalue weighted by atomic mass is 16.5. The zero-order chi connectivity index (χ0) is 15.8. The number of aliphatic hydroxyl groups excluding tert-OH is 1. The van der Waals surface area contributed by atoms with Crippen LogP contribution in [0.15, 0.2) is 0 Å². The lowest BCUT2D eigenvalue weighted by Gasteiger charge is -2.36. The number of unbranched alkanes of at least 4 members (excludes halogenated alkanes) is 5. The molecule has 0 unspecified atom stereocenters. The molecule has 2 atom stereocenters. The Bertz CT molecular complexity index is 351. The van der Waals surface area contributed by atoms with Gasteiger partial charge in [-0.15, -0.1) is 0 Å². The molecule has 2 N–H and O–H groups in total. The Kier molecular flexibility index (Phi) is 6.96. The van der Waals surface area contributed by atoms with E-state index in [0.717, 1.165) is 19.4 Å². The molecule has 2 amide bonds. The molecular formula is C17H32N2O3. The average molecular weight is 312 g/mol. The second-order valence-corrected chi connectivity index (χ2v) is 6.92.